The van der Waals surface area contributed by atoms with Gasteiger partial charge in [0.2, 0.25) is 0 Å². The zero-order valence-electron chi connectivity index (χ0n) is 14.1. The van der Waals surface area contributed by atoms with Crippen LogP contribution in [0.2, 0.25) is 0 Å². The third kappa shape index (κ3) is 4.37. The van der Waals surface area contributed by atoms with Crippen LogP contribution in [0.15, 0.2) is 64.5 Å². The van der Waals surface area contributed by atoms with Crippen LogP contribution in [0.1, 0.15) is 19.4 Å². The molecule has 0 atom stereocenters. The first-order valence-corrected chi connectivity index (χ1v) is 8.95. The third-order valence-electron chi connectivity index (χ3n) is 3.58. The van der Waals surface area contributed by atoms with E-state index in [1.807, 2.05) is 36.4 Å². The van der Waals surface area contributed by atoms with Crippen molar-refractivity contribution in [2.45, 2.75) is 13.8 Å². The molecule has 3 nitrogen and oxygen atoms in total. The Balaban J connectivity index is 1.94. The SMILES string of the molecule is CC(C)CN1C(=O)/C(=C/c2ccccc2)SC1=Nc1ccc(F)cc1. The minimum absolute atomic E-state index is 0.0385. The van der Waals surface area contributed by atoms with Crippen LogP contribution >= 0.6 is 11.8 Å². The molecule has 0 bridgehead atoms. The second kappa shape index (κ2) is 7.66. The molecule has 3 rings (SSSR count). The van der Waals surface area contributed by atoms with E-state index in [0.717, 1.165) is 5.56 Å². The number of rotatable bonds is 4. The fourth-order valence-electron chi connectivity index (χ4n) is 2.44. The molecule has 25 heavy (non-hydrogen) atoms. The van der Waals surface area contributed by atoms with Gasteiger partial charge in [-0.3, -0.25) is 9.69 Å². The van der Waals surface area contributed by atoms with Crippen molar-refractivity contribution >= 4 is 34.6 Å². The first-order chi connectivity index (χ1) is 12.0. The van der Waals surface area contributed by atoms with Crippen molar-refractivity contribution in [2.75, 3.05) is 6.54 Å². The Morgan fingerprint density at radius 2 is 1.80 bits per heavy atom. The summed E-state index contributed by atoms with van der Waals surface area (Å²) < 4.78 is 13.1. The molecule has 0 radical (unpaired) electrons. The molecule has 5 heteroatoms. The van der Waals surface area contributed by atoms with Crippen molar-refractivity contribution in [3.05, 3.63) is 70.9 Å². The maximum Gasteiger partial charge on any atom is 0.266 e. The lowest BCUT2D eigenvalue weighted by Gasteiger charge is -2.17. The van der Waals surface area contributed by atoms with E-state index in [1.165, 1.54) is 23.9 Å². The van der Waals surface area contributed by atoms with E-state index in [2.05, 4.69) is 18.8 Å². The highest BCUT2D eigenvalue weighted by molar-refractivity contribution is 8.18. The maximum absolute atomic E-state index is 13.1. The number of amidine groups is 1. The number of thioether (sulfide) groups is 1. The van der Waals surface area contributed by atoms with Crippen LogP contribution < -0.4 is 0 Å². The van der Waals surface area contributed by atoms with Gasteiger partial charge in [0.15, 0.2) is 5.17 Å². The van der Waals surface area contributed by atoms with Crippen molar-refractivity contribution in [1.29, 1.82) is 0 Å². The van der Waals surface area contributed by atoms with Gasteiger partial charge in [-0.25, -0.2) is 9.38 Å². The molecule has 128 valence electrons. The third-order valence-corrected chi connectivity index (χ3v) is 4.59. The van der Waals surface area contributed by atoms with Gasteiger partial charge in [0.25, 0.3) is 5.91 Å². The molecule has 2 aromatic rings. The van der Waals surface area contributed by atoms with Gasteiger partial charge in [-0.1, -0.05) is 44.2 Å². The molecule has 2 aromatic carbocycles. The monoisotopic (exact) mass is 354 g/mol. The van der Waals surface area contributed by atoms with Crippen molar-refractivity contribution < 1.29 is 9.18 Å². The summed E-state index contributed by atoms with van der Waals surface area (Å²) in [5.74, 6) is -0.0229. The van der Waals surface area contributed by atoms with Gasteiger partial charge >= 0.3 is 0 Å². The van der Waals surface area contributed by atoms with Gasteiger partial charge in [0.05, 0.1) is 10.6 Å². The van der Waals surface area contributed by atoms with E-state index < -0.39 is 0 Å². The number of amides is 1. The number of hydrogen-bond donors (Lipinski definition) is 0. The van der Waals surface area contributed by atoms with Crippen LogP contribution in [0.5, 0.6) is 0 Å². The molecule has 0 spiro atoms. The predicted molar refractivity (Wildman–Crippen MR) is 102 cm³/mol. The zero-order valence-corrected chi connectivity index (χ0v) is 15.0. The lowest BCUT2D eigenvalue weighted by atomic mass is 10.2. The standard InChI is InChI=1S/C20H19FN2OS/c1-14(2)13-23-19(24)18(12-15-6-4-3-5-7-15)25-20(23)22-17-10-8-16(21)9-11-17/h3-12,14H,13H2,1-2H3/b18-12-,22-20?. The van der Waals surface area contributed by atoms with E-state index in [4.69, 9.17) is 0 Å². The van der Waals surface area contributed by atoms with Crippen molar-refractivity contribution in [3.63, 3.8) is 0 Å². The van der Waals surface area contributed by atoms with E-state index in [0.29, 0.717) is 28.2 Å². The summed E-state index contributed by atoms with van der Waals surface area (Å²) in [6.45, 7) is 4.72. The Bertz CT molecular complexity index is 813. The zero-order chi connectivity index (χ0) is 17.8. The Morgan fingerprint density at radius 1 is 1.12 bits per heavy atom. The highest BCUT2D eigenvalue weighted by atomic mass is 32.2. The summed E-state index contributed by atoms with van der Waals surface area (Å²) in [5, 5.41) is 0.632. The van der Waals surface area contributed by atoms with Crippen LogP contribution in [0.3, 0.4) is 0 Å². The van der Waals surface area contributed by atoms with Crippen molar-refractivity contribution in [1.82, 2.24) is 4.90 Å². The average Bonchev–Trinajstić information content (AvgIpc) is 2.86. The van der Waals surface area contributed by atoms with Crippen molar-refractivity contribution in [2.24, 2.45) is 10.9 Å². The number of hydrogen-bond acceptors (Lipinski definition) is 3. The Labute approximate surface area is 151 Å². The van der Waals surface area contributed by atoms with E-state index in [9.17, 15) is 9.18 Å². The molecule has 0 aliphatic carbocycles. The molecule has 1 aliphatic heterocycles. The topological polar surface area (TPSA) is 32.7 Å². The van der Waals surface area contributed by atoms with Gasteiger partial charge in [0, 0.05) is 6.54 Å². The highest BCUT2D eigenvalue weighted by Crippen LogP contribution is 2.34. The number of aliphatic imine (C=N–C) groups is 1. The molecule has 1 saturated heterocycles. The molecule has 0 saturated carbocycles. The van der Waals surface area contributed by atoms with Crippen molar-refractivity contribution in [3.8, 4) is 0 Å². The fourth-order valence-corrected chi connectivity index (χ4v) is 3.45. The van der Waals surface area contributed by atoms with Crippen LogP contribution in [0.25, 0.3) is 6.08 Å². The molecular weight excluding hydrogens is 335 g/mol. The van der Waals surface area contributed by atoms with Crippen LogP contribution in [0.4, 0.5) is 10.1 Å². The van der Waals surface area contributed by atoms with Gasteiger partial charge in [-0.05, 0) is 53.6 Å². The lowest BCUT2D eigenvalue weighted by molar-refractivity contribution is -0.122. The summed E-state index contributed by atoms with van der Waals surface area (Å²) >= 11 is 1.36. The minimum atomic E-state index is -0.303. The molecule has 1 heterocycles. The molecule has 1 amide bonds. The second-order valence-electron chi connectivity index (χ2n) is 6.20. The summed E-state index contributed by atoms with van der Waals surface area (Å²) in [5.41, 5.74) is 1.61. The molecule has 1 fully saturated rings. The van der Waals surface area contributed by atoms with Crippen LogP contribution in [-0.2, 0) is 4.79 Å². The van der Waals surface area contributed by atoms with E-state index >= 15 is 0 Å². The maximum atomic E-state index is 13.1. The van der Waals surface area contributed by atoms with Gasteiger partial charge in [-0.15, -0.1) is 0 Å². The van der Waals surface area contributed by atoms with Crippen LogP contribution in [-0.4, -0.2) is 22.5 Å². The Morgan fingerprint density at radius 3 is 2.44 bits per heavy atom. The number of nitrogens with zero attached hydrogens (tertiary/aromatic N) is 2. The quantitative estimate of drug-likeness (QED) is 0.717. The normalized spacial score (nSPS) is 17.9. The minimum Gasteiger partial charge on any atom is -0.286 e. The summed E-state index contributed by atoms with van der Waals surface area (Å²) in [7, 11) is 0. The summed E-state index contributed by atoms with van der Waals surface area (Å²) in [4.78, 5) is 19.7. The fraction of sp³-hybridized carbons (Fsp3) is 0.200. The molecule has 1 aliphatic rings. The number of halogens is 1. The van der Waals surface area contributed by atoms with Gasteiger partial charge in [0.1, 0.15) is 5.82 Å². The number of carbonyl (C=O) groups excluding carboxylic acids is 1. The number of carbonyl (C=O) groups is 1. The smallest absolute Gasteiger partial charge is 0.266 e. The molecule has 0 aromatic heterocycles. The summed E-state index contributed by atoms with van der Waals surface area (Å²) in [6, 6.07) is 15.7. The van der Waals surface area contributed by atoms with E-state index in [-0.39, 0.29) is 11.7 Å². The lowest BCUT2D eigenvalue weighted by Crippen LogP contribution is -2.32. The molecular formula is C20H19FN2OS. The molecule has 0 unspecified atom stereocenters. The predicted octanol–water partition coefficient (Wildman–Crippen LogP) is 5.09. The molecule has 0 N–H and O–H groups in total. The Hall–Kier alpha value is -2.40. The average molecular weight is 354 g/mol. The second-order valence-corrected chi connectivity index (χ2v) is 7.21. The highest BCUT2D eigenvalue weighted by Gasteiger charge is 2.33. The van der Waals surface area contributed by atoms with Gasteiger partial charge < -0.3 is 0 Å². The Kier molecular flexibility index (Phi) is 5.34. The first-order valence-electron chi connectivity index (χ1n) is 8.13. The summed E-state index contributed by atoms with van der Waals surface area (Å²) in [6.07, 6.45) is 1.88. The van der Waals surface area contributed by atoms with Crippen LogP contribution in [0, 0.1) is 11.7 Å². The largest absolute Gasteiger partial charge is 0.286 e. The first kappa shape index (κ1) is 17.4. The van der Waals surface area contributed by atoms with Gasteiger partial charge in [-0.2, -0.15) is 0 Å². The van der Waals surface area contributed by atoms with E-state index in [1.54, 1.807) is 17.0 Å². The number of benzene rings is 2.